The Morgan fingerprint density at radius 3 is 2.97 bits per heavy atom. The number of hydrogen-bond acceptors (Lipinski definition) is 6. The smallest absolute Gasteiger partial charge is 0.145 e. The minimum absolute atomic E-state index is 0.521. The zero-order chi connectivity index (χ0) is 21.1. The predicted octanol–water partition coefficient (Wildman–Crippen LogP) is 3.79. The third-order valence-corrected chi connectivity index (χ3v) is 6.65. The topological polar surface area (TPSA) is 68.3 Å². The number of aromatic nitrogens is 3. The van der Waals surface area contributed by atoms with Crippen molar-refractivity contribution in [3.8, 4) is 11.4 Å². The molecule has 8 heteroatoms. The fourth-order valence-electron chi connectivity index (χ4n) is 4.42. The molecule has 166 valence electrons. The molecule has 4 rings (SSSR count). The molecule has 0 radical (unpaired) electrons. The molecule has 0 saturated carbocycles. The van der Waals surface area contributed by atoms with Crippen LogP contribution in [0.25, 0.3) is 11.4 Å². The van der Waals surface area contributed by atoms with Gasteiger partial charge in [-0.3, -0.25) is 9.58 Å². The number of rotatable bonds is 7. The molecule has 2 aromatic heterocycles. The normalized spacial score (nSPS) is 20.5. The SMILES string of the molecule is CC(C)CCN[C@H]1CCCCN(Cc2c(-c3noc4c3COCC4)nn(C)c2Cl)C1. The van der Waals surface area contributed by atoms with Crippen molar-refractivity contribution in [2.24, 2.45) is 13.0 Å². The van der Waals surface area contributed by atoms with E-state index in [-0.39, 0.29) is 0 Å². The first-order chi connectivity index (χ1) is 14.5. The minimum atomic E-state index is 0.521. The zero-order valence-electron chi connectivity index (χ0n) is 18.4. The summed E-state index contributed by atoms with van der Waals surface area (Å²) in [6.07, 6.45) is 5.68. The van der Waals surface area contributed by atoms with Crippen LogP contribution in [-0.4, -0.2) is 52.1 Å². The van der Waals surface area contributed by atoms with Gasteiger partial charge in [-0.15, -0.1) is 0 Å². The Morgan fingerprint density at radius 2 is 2.13 bits per heavy atom. The molecule has 0 amide bonds. The van der Waals surface area contributed by atoms with Crippen molar-refractivity contribution in [3.63, 3.8) is 0 Å². The maximum atomic E-state index is 6.70. The number of halogens is 1. The largest absolute Gasteiger partial charge is 0.376 e. The number of likely N-dealkylation sites (tertiary alicyclic amines) is 1. The van der Waals surface area contributed by atoms with Crippen molar-refractivity contribution in [1.82, 2.24) is 25.2 Å². The summed E-state index contributed by atoms with van der Waals surface area (Å²) in [6, 6.07) is 0.526. The minimum Gasteiger partial charge on any atom is -0.376 e. The van der Waals surface area contributed by atoms with Crippen molar-refractivity contribution in [2.75, 3.05) is 26.2 Å². The van der Waals surface area contributed by atoms with Crippen LogP contribution in [0.5, 0.6) is 0 Å². The van der Waals surface area contributed by atoms with E-state index in [0.29, 0.717) is 24.4 Å². The average molecular weight is 436 g/mol. The number of aryl methyl sites for hydroxylation is 1. The predicted molar refractivity (Wildman–Crippen MR) is 117 cm³/mol. The quantitative estimate of drug-likeness (QED) is 0.713. The second kappa shape index (κ2) is 9.81. The molecule has 30 heavy (non-hydrogen) atoms. The fraction of sp³-hybridized carbons (Fsp3) is 0.727. The van der Waals surface area contributed by atoms with Gasteiger partial charge in [0.1, 0.15) is 22.3 Å². The van der Waals surface area contributed by atoms with Crippen LogP contribution in [0.2, 0.25) is 5.15 Å². The van der Waals surface area contributed by atoms with Crippen LogP contribution >= 0.6 is 11.6 Å². The molecule has 1 atom stereocenters. The van der Waals surface area contributed by atoms with E-state index in [0.717, 1.165) is 66.8 Å². The van der Waals surface area contributed by atoms with Gasteiger partial charge in [0.25, 0.3) is 0 Å². The summed E-state index contributed by atoms with van der Waals surface area (Å²) in [5.41, 5.74) is 3.65. The van der Waals surface area contributed by atoms with Crippen molar-refractivity contribution in [3.05, 3.63) is 22.0 Å². The number of ether oxygens (including phenoxy) is 1. The first-order valence-electron chi connectivity index (χ1n) is 11.3. The van der Waals surface area contributed by atoms with Crippen LogP contribution < -0.4 is 5.32 Å². The number of hydrogen-bond donors (Lipinski definition) is 1. The van der Waals surface area contributed by atoms with E-state index >= 15 is 0 Å². The van der Waals surface area contributed by atoms with E-state index in [4.69, 9.17) is 26.0 Å². The van der Waals surface area contributed by atoms with Gasteiger partial charge < -0.3 is 14.6 Å². The van der Waals surface area contributed by atoms with E-state index in [9.17, 15) is 0 Å². The van der Waals surface area contributed by atoms with Crippen LogP contribution in [0.3, 0.4) is 0 Å². The summed E-state index contributed by atoms with van der Waals surface area (Å²) in [4.78, 5) is 2.51. The molecule has 0 spiro atoms. The highest BCUT2D eigenvalue weighted by Gasteiger charge is 2.28. The molecular weight excluding hydrogens is 402 g/mol. The number of fused-ring (bicyclic) bond motifs is 1. The summed E-state index contributed by atoms with van der Waals surface area (Å²) >= 11 is 6.70. The molecule has 2 aliphatic rings. The number of nitrogens with one attached hydrogen (secondary N) is 1. The van der Waals surface area contributed by atoms with Gasteiger partial charge in [0, 0.05) is 38.2 Å². The highest BCUT2D eigenvalue weighted by atomic mass is 35.5. The van der Waals surface area contributed by atoms with E-state index in [1.54, 1.807) is 4.68 Å². The Hall–Kier alpha value is -1.41. The lowest BCUT2D eigenvalue weighted by atomic mass is 10.1. The first-order valence-corrected chi connectivity index (χ1v) is 11.6. The highest BCUT2D eigenvalue weighted by Crippen LogP contribution is 2.34. The lowest BCUT2D eigenvalue weighted by molar-refractivity contribution is 0.103. The third kappa shape index (κ3) is 4.90. The molecule has 0 unspecified atom stereocenters. The summed E-state index contributed by atoms with van der Waals surface area (Å²) in [7, 11) is 1.89. The summed E-state index contributed by atoms with van der Waals surface area (Å²) in [6.45, 7) is 9.72. The van der Waals surface area contributed by atoms with Crippen molar-refractivity contribution >= 4 is 11.6 Å². The van der Waals surface area contributed by atoms with Gasteiger partial charge in [-0.25, -0.2) is 0 Å². The van der Waals surface area contributed by atoms with Crippen molar-refractivity contribution in [2.45, 2.75) is 65.1 Å². The van der Waals surface area contributed by atoms with E-state index in [1.807, 2.05) is 7.05 Å². The molecule has 1 N–H and O–H groups in total. The molecule has 7 nitrogen and oxygen atoms in total. The van der Waals surface area contributed by atoms with Gasteiger partial charge in [0.15, 0.2) is 0 Å². The zero-order valence-corrected chi connectivity index (χ0v) is 19.2. The maximum Gasteiger partial charge on any atom is 0.145 e. The summed E-state index contributed by atoms with van der Waals surface area (Å²) in [5.74, 6) is 1.64. The second-order valence-electron chi connectivity index (χ2n) is 9.04. The molecule has 0 bridgehead atoms. The van der Waals surface area contributed by atoms with Crippen LogP contribution in [-0.2, 0) is 31.4 Å². The Kier molecular flexibility index (Phi) is 7.13. The van der Waals surface area contributed by atoms with Crippen LogP contribution in [0.4, 0.5) is 0 Å². The standard InChI is InChI=1S/C22H34ClN5O2/c1-15(2)7-9-24-16-6-4-5-10-28(12-16)13-17-20(25-27(3)22(17)23)21-18-14-29-11-8-19(18)30-26-21/h15-16,24H,4-14H2,1-3H3/t16-/m0/s1. The Labute approximate surface area is 184 Å². The van der Waals surface area contributed by atoms with Gasteiger partial charge in [0.05, 0.1) is 18.8 Å². The van der Waals surface area contributed by atoms with Gasteiger partial charge in [-0.1, -0.05) is 37.0 Å². The summed E-state index contributed by atoms with van der Waals surface area (Å²) in [5, 5.41) is 13.5. The van der Waals surface area contributed by atoms with E-state index in [1.165, 1.54) is 25.7 Å². The highest BCUT2D eigenvalue weighted by molar-refractivity contribution is 6.30. The number of nitrogens with zero attached hydrogens (tertiary/aromatic N) is 4. The van der Waals surface area contributed by atoms with Crippen molar-refractivity contribution in [1.29, 1.82) is 0 Å². The molecule has 1 saturated heterocycles. The van der Waals surface area contributed by atoms with Gasteiger partial charge in [-0.2, -0.15) is 5.10 Å². The lowest BCUT2D eigenvalue weighted by Gasteiger charge is -2.25. The van der Waals surface area contributed by atoms with Crippen LogP contribution in [0.15, 0.2) is 4.52 Å². The molecular formula is C22H34ClN5O2. The summed E-state index contributed by atoms with van der Waals surface area (Å²) < 4.78 is 13.0. The van der Waals surface area contributed by atoms with Gasteiger partial charge >= 0.3 is 0 Å². The molecule has 0 aliphatic carbocycles. The second-order valence-corrected chi connectivity index (χ2v) is 9.40. The first kappa shape index (κ1) is 21.8. The average Bonchev–Trinajstić information content (AvgIpc) is 3.17. The monoisotopic (exact) mass is 435 g/mol. The molecule has 0 aromatic carbocycles. The fourth-order valence-corrected chi connectivity index (χ4v) is 4.61. The van der Waals surface area contributed by atoms with E-state index in [2.05, 4.69) is 29.2 Å². The molecule has 1 fully saturated rings. The Morgan fingerprint density at radius 1 is 1.27 bits per heavy atom. The Balaban J connectivity index is 1.52. The van der Waals surface area contributed by atoms with Crippen molar-refractivity contribution < 1.29 is 9.26 Å². The Bertz CT molecular complexity index is 847. The molecule has 2 aromatic rings. The maximum absolute atomic E-state index is 6.70. The van der Waals surface area contributed by atoms with Gasteiger partial charge in [0.2, 0.25) is 0 Å². The molecule has 2 aliphatic heterocycles. The lowest BCUT2D eigenvalue weighted by Crippen LogP contribution is -2.40. The van der Waals surface area contributed by atoms with E-state index < -0.39 is 0 Å². The van der Waals surface area contributed by atoms with Crippen LogP contribution in [0, 0.1) is 5.92 Å². The molecule has 4 heterocycles. The van der Waals surface area contributed by atoms with Gasteiger partial charge in [-0.05, 0) is 38.3 Å². The van der Waals surface area contributed by atoms with Crippen LogP contribution in [0.1, 0.15) is 56.4 Å². The third-order valence-electron chi connectivity index (χ3n) is 6.17.